The fourth-order valence-corrected chi connectivity index (χ4v) is 1.49. The molecule has 0 amide bonds. The Morgan fingerprint density at radius 3 is 2.73 bits per heavy atom. The van der Waals surface area contributed by atoms with Gasteiger partial charge in [0.2, 0.25) is 0 Å². The molecule has 0 saturated carbocycles. The van der Waals surface area contributed by atoms with Gasteiger partial charge in [0.25, 0.3) is 0 Å². The number of rotatable bonds is 2. The van der Waals surface area contributed by atoms with Gasteiger partial charge in [-0.05, 0) is 12.1 Å². The van der Waals surface area contributed by atoms with Crippen LogP contribution >= 0.6 is 12.4 Å². The van der Waals surface area contributed by atoms with Gasteiger partial charge >= 0.3 is 5.97 Å². The molecule has 2 rings (SSSR count). The Balaban J connectivity index is 0.00000112. The molecule has 0 aliphatic carbocycles. The molecule has 0 aliphatic heterocycles. The Kier molecular flexibility index (Phi) is 3.31. The standard InChI is InChI=1S/C10H10N2O2.ClH/c1-12-8-5-3-2-4-7(8)11-9(12)6-10(13)14;/h2-5H,6H2,1H3,(H,13,14);1H. The number of fused-ring (bicyclic) bond motifs is 1. The van der Waals surface area contributed by atoms with E-state index in [9.17, 15) is 4.79 Å². The van der Waals surface area contributed by atoms with Gasteiger partial charge in [-0.15, -0.1) is 12.4 Å². The fourth-order valence-electron chi connectivity index (χ4n) is 1.49. The predicted molar refractivity (Wildman–Crippen MR) is 59.3 cm³/mol. The Morgan fingerprint density at radius 2 is 2.13 bits per heavy atom. The van der Waals surface area contributed by atoms with E-state index in [4.69, 9.17) is 5.11 Å². The zero-order chi connectivity index (χ0) is 10.1. The summed E-state index contributed by atoms with van der Waals surface area (Å²) in [7, 11) is 1.83. The molecule has 1 heterocycles. The van der Waals surface area contributed by atoms with Crippen molar-refractivity contribution in [3.63, 3.8) is 0 Å². The highest BCUT2D eigenvalue weighted by molar-refractivity contribution is 5.85. The number of carboxylic acids is 1. The highest BCUT2D eigenvalue weighted by Crippen LogP contribution is 2.14. The third kappa shape index (κ3) is 2.10. The number of aliphatic carboxylic acids is 1. The lowest BCUT2D eigenvalue weighted by Gasteiger charge is -1.97. The van der Waals surface area contributed by atoms with Crippen LogP contribution in [0, 0.1) is 0 Å². The minimum absolute atomic E-state index is 0. The van der Waals surface area contributed by atoms with E-state index in [0.717, 1.165) is 11.0 Å². The first-order chi connectivity index (χ1) is 6.68. The number of halogens is 1. The maximum Gasteiger partial charge on any atom is 0.311 e. The highest BCUT2D eigenvalue weighted by atomic mass is 35.5. The second-order valence-electron chi connectivity index (χ2n) is 3.15. The van der Waals surface area contributed by atoms with E-state index in [1.165, 1.54) is 0 Å². The van der Waals surface area contributed by atoms with Gasteiger partial charge in [0, 0.05) is 7.05 Å². The summed E-state index contributed by atoms with van der Waals surface area (Å²) in [5, 5.41) is 8.66. The largest absolute Gasteiger partial charge is 0.481 e. The first-order valence-corrected chi connectivity index (χ1v) is 4.30. The van der Waals surface area contributed by atoms with Crippen LogP contribution < -0.4 is 0 Å². The van der Waals surface area contributed by atoms with Crippen molar-refractivity contribution in [2.75, 3.05) is 0 Å². The number of imidazole rings is 1. The van der Waals surface area contributed by atoms with Gasteiger partial charge in [-0.3, -0.25) is 4.79 Å². The monoisotopic (exact) mass is 226 g/mol. The maximum absolute atomic E-state index is 10.5. The number of nitrogens with zero attached hydrogens (tertiary/aromatic N) is 2. The van der Waals surface area contributed by atoms with Crippen molar-refractivity contribution in [2.24, 2.45) is 7.05 Å². The second-order valence-corrected chi connectivity index (χ2v) is 3.15. The summed E-state index contributed by atoms with van der Waals surface area (Å²) in [6, 6.07) is 7.60. The Hall–Kier alpha value is -1.55. The summed E-state index contributed by atoms with van der Waals surface area (Å²) in [4.78, 5) is 14.8. The van der Waals surface area contributed by atoms with Crippen LogP contribution in [0.4, 0.5) is 0 Å². The number of hydrogen-bond donors (Lipinski definition) is 1. The zero-order valence-corrected chi connectivity index (χ0v) is 8.99. The summed E-state index contributed by atoms with van der Waals surface area (Å²) < 4.78 is 1.81. The number of aromatic nitrogens is 2. The first kappa shape index (κ1) is 11.5. The molecule has 0 atom stereocenters. The minimum Gasteiger partial charge on any atom is -0.481 e. The number of benzene rings is 1. The molecule has 4 nitrogen and oxygen atoms in total. The fraction of sp³-hybridized carbons (Fsp3) is 0.200. The summed E-state index contributed by atoms with van der Waals surface area (Å²) in [6.45, 7) is 0. The van der Waals surface area contributed by atoms with Crippen molar-refractivity contribution in [1.82, 2.24) is 9.55 Å². The Morgan fingerprint density at radius 1 is 1.47 bits per heavy atom. The van der Waals surface area contributed by atoms with E-state index < -0.39 is 5.97 Å². The lowest BCUT2D eigenvalue weighted by atomic mass is 10.3. The van der Waals surface area contributed by atoms with Crippen molar-refractivity contribution in [3.05, 3.63) is 30.1 Å². The number of aryl methyl sites for hydroxylation is 1. The van der Waals surface area contributed by atoms with Crippen molar-refractivity contribution in [2.45, 2.75) is 6.42 Å². The lowest BCUT2D eigenvalue weighted by Crippen LogP contribution is -2.06. The van der Waals surface area contributed by atoms with Gasteiger partial charge in [0.15, 0.2) is 0 Å². The van der Waals surface area contributed by atoms with Gasteiger partial charge in [-0.2, -0.15) is 0 Å². The van der Waals surface area contributed by atoms with Crippen molar-refractivity contribution in [3.8, 4) is 0 Å². The quantitative estimate of drug-likeness (QED) is 0.847. The average molecular weight is 227 g/mol. The first-order valence-electron chi connectivity index (χ1n) is 4.30. The van der Waals surface area contributed by atoms with Crippen molar-refractivity contribution < 1.29 is 9.90 Å². The van der Waals surface area contributed by atoms with Crippen LogP contribution in [0.5, 0.6) is 0 Å². The Bertz CT molecular complexity index is 493. The molecule has 0 radical (unpaired) electrons. The summed E-state index contributed by atoms with van der Waals surface area (Å²) >= 11 is 0. The number of para-hydroxylation sites is 2. The van der Waals surface area contributed by atoms with E-state index in [1.54, 1.807) is 0 Å². The van der Waals surface area contributed by atoms with E-state index >= 15 is 0 Å². The zero-order valence-electron chi connectivity index (χ0n) is 8.17. The van der Waals surface area contributed by atoms with Gasteiger partial charge in [0.05, 0.1) is 11.0 Å². The molecule has 0 unspecified atom stereocenters. The molecule has 0 saturated heterocycles. The molecule has 0 spiro atoms. The third-order valence-electron chi connectivity index (χ3n) is 2.19. The van der Waals surface area contributed by atoms with Gasteiger partial charge in [0.1, 0.15) is 12.2 Å². The second kappa shape index (κ2) is 4.31. The van der Waals surface area contributed by atoms with Crippen molar-refractivity contribution in [1.29, 1.82) is 0 Å². The molecule has 1 aromatic carbocycles. The van der Waals surface area contributed by atoms with Crippen LogP contribution in [0.25, 0.3) is 11.0 Å². The molecule has 1 N–H and O–H groups in total. The molecule has 80 valence electrons. The predicted octanol–water partition coefficient (Wildman–Crippen LogP) is 1.62. The number of hydrogen-bond acceptors (Lipinski definition) is 2. The molecule has 0 aliphatic rings. The Labute approximate surface area is 93.0 Å². The van der Waals surface area contributed by atoms with Crippen LogP contribution in [-0.2, 0) is 18.3 Å². The van der Waals surface area contributed by atoms with Gasteiger partial charge in [-0.1, -0.05) is 12.1 Å². The van der Waals surface area contributed by atoms with E-state index in [-0.39, 0.29) is 18.8 Å². The molecule has 2 aromatic rings. The summed E-state index contributed by atoms with van der Waals surface area (Å²) in [6.07, 6.45) is -0.0365. The van der Waals surface area contributed by atoms with E-state index in [2.05, 4.69) is 4.98 Å². The van der Waals surface area contributed by atoms with Gasteiger partial charge in [-0.25, -0.2) is 4.98 Å². The molecule has 0 bridgehead atoms. The lowest BCUT2D eigenvalue weighted by molar-refractivity contribution is -0.136. The third-order valence-corrected chi connectivity index (χ3v) is 2.19. The van der Waals surface area contributed by atoms with E-state index in [1.807, 2.05) is 35.9 Å². The average Bonchev–Trinajstić information content (AvgIpc) is 2.44. The van der Waals surface area contributed by atoms with Crippen LogP contribution in [-0.4, -0.2) is 20.6 Å². The van der Waals surface area contributed by atoms with Crippen LogP contribution in [0.3, 0.4) is 0 Å². The van der Waals surface area contributed by atoms with Crippen LogP contribution in [0.2, 0.25) is 0 Å². The molecule has 15 heavy (non-hydrogen) atoms. The molecule has 5 heteroatoms. The normalized spacial score (nSPS) is 9.93. The highest BCUT2D eigenvalue weighted by Gasteiger charge is 2.09. The maximum atomic E-state index is 10.5. The molecule has 1 aromatic heterocycles. The smallest absolute Gasteiger partial charge is 0.311 e. The topological polar surface area (TPSA) is 55.1 Å². The van der Waals surface area contributed by atoms with Crippen LogP contribution in [0.15, 0.2) is 24.3 Å². The van der Waals surface area contributed by atoms with E-state index in [0.29, 0.717) is 5.82 Å². The molecule has 0 fully saturated rings. The van der Waals surface area contributed by atoms with Crippen molar-refractivity contribution >= 4 is 29.4 Å². The SMILES string of the molecule is Cl.Cn1c(CC(=O)O)nc2ccccc21. The van der Waals surface area contributed by atoms with Gasteiger partial charge < -0.3 is 9.67 Å². The molecular weight excluding hydrogens is 216 g/mol. The van der Waals surface area contributed by atoms with Crippen LogP contribution in [0.1, 0.15) is 5.82 Å². The summed E-state index contributed by atoms with van der Waals surface area (Å²) in [5.74, 6) is -0.276. The summed E-state index contributed by atoms with van der Waals surface area (Å²) in [5.41, 5.74) is 1.80. The minimum atomic E-state index is -0.858. The number of carbonyl (C=O) groups is 1. The molecular formula is C10H11ClN2O2. The number of carboxylic acid groups (broad SMARTS) is 1.